The Bertz CT molecular complexity index is 642. The van der Waals surface area contributed by atoms with Gasteiger partial charge >= 0.3 is 5.97 Å². The topological polar surface area (TPSA) is 77.5 Å². The van der Waals surface area contributed by atoms with Crippen LogP contribution in [-0.4, -0.2) is 30.6 Å². The molecule has 8 heteroatoms. The molecule has 0 bridgehead atoms. The molecule has 2 aromatic rings. The molecule has 110 valence electrons. The maximum absolute atomic E-state index is 11.7. The monoisotopic (exact) mass is 326 g/mol. The van der Waals surface area contributed by atoms with Crippen molar-refractivity contribution in [2.75, 3.05) is 19.0 Å². The summed E-state index contributed by atoms with van der Waals surface area (Å²) in [6.07, 6.45) is 1.34. The van der Waals surface area contributed by atoms with Crippen molar-refractivity contribution in [2.24, 2.45) is 0 Å². The van der Waals surface area contributed by atoms with Crippen LogP contribution < -0.4 is 10.1 Å². The highest BCUT2D eigenvalue weighted by Crippen LogP contribution is 2.19. The smallest absolute Gasteiger partial charge is 0.349 e. The van der Waals surface area contributed by atoms with Gasteiger partial charge in [0.1, 0.15) is 10.6 Å². The van der Waals surface area contributed by atoms with E-state index >= 15 is 0 Å². The third kappa shape index (κ3) is 4.44. The van der Waals surface area contributed by atoms with Crippen molar-refractivity contribution in [1.29, 1.82) is 0 Å². The molecule has 21 heavy (non-hydrogen) atoms. The summed E-state index contributed by atoms with van der Waals surface area (Å²) in [5, 5.41) is 3.43. The summed E-state index contributed by atoms with van der Waals surface area (Å²) < 4.78 is 9.84. The van der Waals surface area contributed by atoms with Crippen LogP contribution >= 0.6 is 22.9 Å². The Kier molecular flexibility index (Phi) is 5.13. The summed E-state index contributed by atoms with van der Waals surface area (Å²) in [4.78, 5) is 27.2. The van der Waals surface area contributed by atoms with Gasteiger partial charge in [-0.2, -0.15) is 0 Å². The van der Waals surface area contributed by atoms with Gasteiger partial charge in [-0.3, -0.25) is 10.1 Å². The molecule has 1 aromatic heterocycles. The number of nitrogens with one attached hydrogen (secondary N) is 1. The number of carbonyl (C=O) groups excluding carboxylic acids is 2. The van der Waals surface area contributed by atoms with E-state index in [4.69, 9.17) is 16.3 Å². The number of halogens is 1. The SMILES string of the molecule is COC(=O)c1cnc(NC(=O)COc2ccc(Cl)cc2)s1. The van der Waals surface area contributed by atoms with Gasteiger partial charge in [0.25, 0.3) is 5.91 Å². The van der Waals surface area contributed by atoms with Gasteiger partial charge in [0.05, 0.1) is 13.3 Å². The minimum absolute atomic E-state index is 0.172. The van der Waals surface area contributed by atoms with Crippen LogP contribution in [0.3, 0.4) is 0 Å². The molecule has 1 heterocycles. The van der Waals surface area contributed by atoms with Crippen LogP contribution in [0.1, 0.15) is 9.67 Å². The number of benzene rings is 1. The molecule has 1 aromatic carbocycles. The zero-order valence-corrected chi connectivity index (χ0v) is 12.5. The summed E-state index contributed by atoms with van der Waals surface area (Å²) >= 11 is 6.77. The maximum atomic E-state index is 11.7. The van der Waals surface area contributed by atoms with Gasteiger partial charge in [-0.05, 0) is 24.3 Å². The van der Waals surface area contributed by atoms with Crippen LogP contribution in [-0.2, 0) is 9.53 Å². The van der Waals surface area contributed by atoms with E-state index in [1.165, 1.54) is 13.3 Å². The average molecular weight is 327 g/mol. The van der Waals surface area contributed by atoms with E-state index < -0.39 is 5.97 Å². The molecule has 1 N–H and O–H groups in total. The van der Waals surface area contributed by atoms with Gasteiger partial charge in [-0.15, -0.1) is 0 Å². The Labute approximate surface area is 129 Å². The first-order chi connectivity index (χ1) is 10.1. The number of methoxy groups -OCH3 is 1. The Hall–Kier alpha value is -2.12. The van der Waals surface area contributed by atoms with E-state index in [0.29, 0.717) is 20.8 Å². The van der Waals surface area contributed by atoms with E-state index in [0.717, 1.165) is 11.3 Å². The zero-order chi connectivity index (χ0) is 15.2. The van der Waals surface area contributed by atoms with Crippen molar-refractivity contribution in [1.82, 2.24) is 4.98 Å². The van der Waals surface area contributed by atoms with E-state index in [9.17, 15) is 9.59 Å². The molecule has 0 spiro atoms. The maximum Gasteiger partial charge on any atom is 0.349 e. The van der Waals surface area contributed by atoms with Crippen molar-refractivity contribution in [2.45, 2.75) is 0 Å². The van der Waals surface area contributed by atoms with Crippen LogP contribution in [0.25, 0.3) is 0 Å². The van der Waals surface area contributed by atoms with Crippen LogP contribution in [0.4, 0.5) is 5.13 Å². The second-order valence-electron chi connectivity index (χ2n) is 3.81. The molecule has 0 unspecified atom stereocenters. The zero-order valence-electron chi connectivity index (χ0n) is 11.0. The number of aromatic nitrogens is 1. The summed E-state index contributed by atoms with van der Waals surface area (Å²) in [5.41, 5.74) is 0. The number of carbonyl (C=O) groups is 2. The second-order valence-corrected chi connectivity index (χ2v) is 5.28. The van der Waals surface area contributed by atoms with E-state index in [1.807, 2.05) is 0 Å². The molecule has 0 aliphatic rings. The fourth-order valence-corrected chi connectivity index (χ4v) is 2.24. The summed E-state index contributed by atoms with van der Waals surface area (Å²) in [7, 11) is 1.28. The van der Waals surface area contributed by atoms with E-state index in [-0.39, 0.29) is 12.5 Å². The summed E-state index contributed by atoms with van der Waals surface area (Å²) in [6.45, 7) is -0.172. The van der Waals surface area contributed by atoms with Gasteiger partial charge in [0, 0.05) is 5.02 Å². The number of esters is 1. The number of nitrogens with zero attached hydrogens (tertiary/aromatic N) is 1. The Morgan fingerprint density at radius 2 is 2.05 bits per heavy atom. The fraction of sp³-hybridized carbons (Fsp3) is 0.154. The lowest BCUT2D eigenvalue weighted by atomic mass is 10.3. The standard InChI is InChI=1S/C13H11ClN2O4S/c1-19-12(18)10-6-15-13(21-10)16-11(17)7-20-9-4-2-8(14)3-5-9/h2-6H,7H2,1H3,(H,15,16,17). The van der Waals surface area contributed by atoms with Gasteiger partial charge < -0.3 is 9.47 Å². The first-order valence-corrected chi connectivity index (χ1v) is 7.00. The molecular formula is C13H11ClN2O4S. The predicted molar refractivity (Wildman–Crippen MR) is 79.0 cm³/mol. The Balaban J connectivity index is 1.85. The van der Waals surface area contributed by atoms with Crippen molar-refractivity contribution >= 4 is 39.9 Å². The molecular weight excluding hydrogens is 316 g/mol. The lowest BCUT2D eigenvalue weighted by molar-refractivity contribution is -0.118. The highest BCUT2D eigenvalue weighted by atomic mass is 35.5. The lowest BCUT2D eigenvalue weighted by Crippen LogP contribution is -2.19. The van der Waals surface area contributed by atoms with Gasteiger partial charge in [-0.1, -0.05) is 22.9 Å². The van der Waals surface area contributed by atoms with Gasteiger partial charge in [-0.25, -0.2) is 9.78 Å². The second kappa shape index (κ2) is 7.05. The number of thiazole rings is 1. The Morgan fingerprint density at radius 1 is 1.33 bits per heavy atom. The fourth-order valence-electron chi connectivity index (χ4n) is 1.36. The summed E-state index contributed by atoms with van der Waals surface area (Å²) in [6, 6.07) is 6.65. The molecule has 1 amide bonds. The molecule has 2 rings (SSSR count). The van der Waals surface area contributed by atoms with Crippen molar-refractivity contribution in [3.63, 3.8) is 0 Å². The molecule has 6 nitrogen and oxygen atoms in total. The van der Waals surface area contributed by atoms with Crippen LogP contribution in [0.2, 0.25) is 5.02 Å². The minimum Gasteiger partial charge on any atom is -0.484 e. The summed E-state index contributed by atoms with van der Waals surface area (Å²) in [5.74, 6) is -0.343. The molecule has 0 saturated carbocycles. The quantitative estimate of drug-likeness (QED) is 0.854. The highest BCUT2D eigenvalue weighted by Gasteiger charge is 2.12. The minimum atomic E-state index is -0.495. The normalized spacial score (nSPS) is 10.0. The molecule has 0 saturated heterocycles. The average Bonchev–Trinajstić information content (AvgIpc) is 2.94. The molecule has 0 aliphatic carbocycles. The largest absolute Gasteiger partial charge is 0.484 e. The molecule has 0 radical (unpaired) electrons. The highest BCUT2D eigenvalue weighted by molar-refractivity contribution is 7.17. The number of hydrogen-bond acceptors (Lipinski definition) is 6. The number of rotatable bonds is 5. The van der Waals surface area contributed by atoms with Crippen molar-refractivity contribution in [3.05, 3.63) is 40.4 Å². The van der Waals surface area contributed by atoms with Crippen molar-refractivity contribution in [3.8, 4) is 5.75 Å². The first-order valence-electron chi connectivity index (χ1n) is 5.81. The third-order valence-corrected chi connectivity index (χ3v) is 3.47. The molecule has 0 fully saturated rings. The van der Waals surface area contributed by atoms with Crippen molar-refractivity contribution < 1.29 is 19.1 Å². The van der Waals surface area contributed by atoms with Crippen LogP contribution in [0.5, 0.6) is 5.75 Å². The lowest BCUT2D eigenvalue weighted by Gasteiger charge is -2.05. The van der Waals surface area contributed by atoms with Gasteiger partial charge in [0.2, 0.25) is 0 Å². The van der Waals surface area contributed by atoms with E-state index in [1.54, 1.807) is 24.3 Å². The van der Waals surface area contributed by atoms with Gasteiger partial charge in [0.15, 0.2) is 11.7 Å². The van der Waals surface area contributed by atoms with Crippen LogP contribution in [0.15, 0.2) is 30.5 Å². The molecule has 0 atom stereocenters. The molecule has 0 aliphatic heterocycles. The first kappa shape index (κ1) is 15.3. The number of ether oxygens (including phenoxy) is 2. The van der Waals surface area contributed by atoms with Crippen LogP contribution in [0, 0.1) is 0 Å². The number of anilines is 1. The Morgan fingerprint density at radius 3 is 2.71 bits per heavy atom. The van der Waals surface area contributed by atoms with E-state index in [2.05, 4.69) is 15.0 Å². The predicted octanol–water partition coefficient (Wildman–Crippen LogP) is 2.60. The number of hydrogen-bond donors (Lipinski definition) is 1. The number of amides is 1. The third-order valence-electron chi connectivity index (χ3n) is 2.32.